The van der Waals surface area contributed by atoms with Crippen LogP contribution in [0.25, 0.3) is 11.3 Å². The molecule has 1 saturated heterocycles. The van der Waals surface area contributed by atoms with E-state index in [0.29, 0.717) is 11.5 Å². The summed E-state index contributed by atoms with van der Waals surface area (Å²) in [4.78, 5) is 15.7. The van der Waals surface area contributed by atoms with E-state index in [0.717, 1.165) is 29.4 Å². The topological polar surface area (TPSA) is 53.9 Å². The van der Waals surface area contributed by atoms with E-state index >= 15 is 0 Å². The Morgan fingerprint density at radius 3 is 2.88 bits per heavy atom. The molecular formula is C19H27N5. The summed E-state index contributed by atoms with van der Waals surface area (Å²) in [7, 11) is 2.22. The van der Waals surface area contributed by atoms with Crippen LogP contribution in [0.15, 0.2) is 30.6 Å². The molecule has 3 rings (SSSR count). The number of nitrogens with zero attached hydrogens (tertiary/aromatic N) is 4. The fourth-order valence-corrected chi connectivity index (χ4v) is 3.66. The molecule has 24 heavy (non-hydrogen) atoms. The Hall–Kier alpha value is -2.01. The third-order valence-corrected chi connectivity index (χ3v) is 5.04. The zero-order valence-corrected chi connectivity index (χ0v) is 15.1. The third kappa shape index (κ3) is 3.73. The zero-order chi connectivity index (χ0) is 17.2. The summed E-state index contributed by atoms with van der Waals surface area (Å²) in [5.41, 5.74) is 2.24. The first-order valence-corrected chi connectivity index (χ1v) is 8.66. The molecule has 5 heteroatoms. The molecule has 0 radical (unpaired) electrons. The van der Waals surface area contributed by atoms with Crippen LogP contribution in [0.3, 0.4) is 0 Å². The van der Waals surface area contributed by atoms with Crippen LogP contribution >= 0.6 is 0 Å². The highest BCUT2D eigenvalue weighted by Crippen LogP contribution is 2.34. The van der Waals surface area contributed by atoms with Gasteiger partial charge in [-0.25, -0.2) is 9.97 Å². The van der Waals surface area contributed by atoms with Crippen molar-refractivity contribution in [3.05, 3.63) is 36.4 Å². The van der Waals surface area contributed by atoms with Gasteiger partial charge in [0.1, 0.15) is 11.6 Å². The van der Waals surface area contributed by atoms with Crippen LogP contribution in [-0.4, -0.2) is 46.0 Å². The van der Waals surface area contributed by atoms with Crippen molar-refractivity contribution in [2.75, 3.05) is 25.5 Å². The molecule has 1 aliphatic heterocycles. The first kappa shape index (κ1) is 16.8. The molecule has 0 bridgehead atoms. The molecule has 0 spiro atoms. The van der Waals surface area contributed by atoms with Gasteiger partial charge in [-0.15, -0.1) is 0 Å². The van der Waals surface area contributed by atoms with Gasteiger partial charge < -0.3 is 10.2 Å². The van der Waals surface area contributed by atoms with E-state index in [9.17, 15) is 0 Å². The molecule has 0 saturated carbocycles. The summed E-state index contributed by atoms with van der Waals surface area (Å²) >= 11 is 0. The second kappa shape index (κ2) is 6.85. The molecule has 0 aliphatic carbocycles. The molecule has 0 amide bonds. The summed E-state index contributed by atoms with van der Waals surface area (Å²) in [6.45, 7) is 8.72. The van der Waals surface area contributed by atoms with Gasteiger partial charge in [0.05, 0.1) is 5.69 Å². The van der Waals surface area contributed by atoms with Crippen LogP contribution in [0.2, 0.25) is 0 Å². The van der Waals surface area contributed by atoms with E-state index in [1.807, 2.05) is 31.3 Å². The maximum atomic E-state index is 4.56. The predicted octanol–water partition coefficient (Wildman–Crippen LogP) is 3.38. The highest BCUT2D eigenvalue weighted by atomic mass is 15.2. The third-order valence-electron chi connectivity index (χ3n) is 5.04. The highest BCUT2D eigenvalue weighted by molar-refractivity contribution is 5.61. The maximum Gasteiger partial charge on any atom is 0.130 e. The van der Waals surface area contributed by atoms with E-state index in [1.54, 1.807) is 6.20 Å². The minimum atomic E-state index is 0.314. The van der Waals surface area contributed by atoms with Crippen molar-refractivity contribution in [3.63, 3.8) is 0 Å². The lowest BCUT2D eigenvalue weighted by molar-refractivity contribution is 0.0671. The second-order valence-corrected chi connectivity index (χ2v) is 7.40. The Labute approximate surface area is 144 Å². The molecule has 0 aromatic carbocycles. The van der Waals surface area contributed by atoms with E-state index in [2.05, 4.69) is 46.1 Å². The monoisotopic (exact) mass is 325 g/mol. The lowest BCUT2D eigenvalue weighted by Gasteiger charge is -2.45. The normalized spacial score (nSPS) is 20.8. The summed E-state index contributed by atoms with van der Waals surface area (Å²) in [6.07, 6.45) is 6.16. The largest absolute Gasteiger partial charge is 0.368 e. The van der Waals surface area contributed by atoms with Crippen molar-refractivity contribution >= 4 is 5.82 Å². The van der Waals surface area contributed by atoms with Crippen molar-refractivity contribution in [2.24, 2.45) is 5.41 Å². The number of anilines is 1. The van der Waals surface area contributed by atoms with Gasteiger partial charge in [-0.1, -0.05) is 13.8 Å². The molecule has 128 valence electrons. The van der Waals surface area contributed by atoms with E-state index in [-0.39, 0.29) is 0 Å². The Morgan fingerprint density at radius 2 is 2.17 bits per heavy atom. The Morgan fingerprint density at radius 1 is 1.33 bits per heavy atom. The second-order valence-electron chi connectivity index (χ2n) is 7.40. The van der Waals surface area contributed by atoms with Crippen molar-refractivity contribution in [1.82, 2.24) is 19.9 Å². The van der Waals surface area contributed by atoms with Crippen LogP contribution in [0.5, 0.6) is 0 Å². The first-order chi connectivity index (χ1) is 11.5. The molecule has 3 heterocycles. The van der Waals surface area contributed by atoms with Gasteiger partial charge in [0.15, 0.2) is 0 Å². The van der Waals surface area contributed by atoms with Crippen LogP contribution in [0.4, 0.5) is 5.82 Å². The first-order valence-electron chi connectivity index (χ1n) is 8.66. The highest BCUT2D eigenvalue weighted by Gasteiger charge is 2.35. The minimum Gasteiger partial charge on any atom is -0.368 e. The van der Waals surface area contributed by atoms with Crippen molar-refractivity contribution in [2.45, 2.75) is 39.7 Å². The van der Waals surface area contributed by atoms with Gasteiger partial charge in [-0.2, -0.15) is 0 Å². The van der Waals surface area contributed by atoms with E-state index in [4.69, 9.17) is 0 Å². The molecule has 1 N–H and O–H groups in total. The lowest BCUT2D eigenvalue weighted by Crippen LogP contribution is -2.51. The van der Waals surface area contributed by atoms with E-state index < -0.39 is 0 Å². The number of likely N-dealkylation sites (N-methyl/N-ethyl adjacent to an activating group) is 1. The number of aryl methyl sites for hydroxylation is 1. The molecular weight excluding hydrogens is 298 g/mol. The predicted molar refractivity (Wildman–Crippen MR) is 97.9 cm³/mol. The van der Waals surface area contributed by atoms with Gasteiger partial charge in [0.2, 0.25) is 0 Å². The molecule has 1 unspecified atom stereocenters. The summed E-state index contributed by atoms with van der Waals surface area (Å²) < 4.78 is 0. The van der Waals surface area contributed by atoms with Crippen LogP contribution in [0.1, 0.15) is 32.5 Å². The van der Waals surface area contributed by atoms with Crippen LogP contribution in [0, 0.1) is 12.3 Å². The van der Waals surface area contributed by atoms with Gasteiger partial charge >= 0.3 is 0 Å². The van der Waals surface area contributed by atoms with Crippen molar-refractivity contribution < 1.29 is 0 Å². The summed E-state index contributed by atoms with van der Waals surface area (Å²) in [5.74, 6) is 1.66. The molecule has 1 atom stereocenters. The fraction of sp³-hybridized carbons (Fsp3) is 0.526. The summed E-state index contributed by atoms with van der Waals surface area (Å²) in [5, 5.41) is 3.54. The van der Waals surface area contributed by atoms with Gasteiger partial charge in [-0.3, -0.25) is 4.98 Å². The minimum absolute atomic E-state index is 0.314. The van der Waals surface area contributed by atoms with Gasteiger partial charge in [-0.05, 0) is 50.9 Å². The standard InChI is InChI=1S/C19H27N5/c1-14-22-16(15-7-5-9-20-12-15)11-18(23-14)21-13-17-19(2,3)8-6-10-24(17)4/h5,7,9,11-12,17H,6,8,10,13H2,1-4H3,(H,21,22,23). The van der Waals surface area contributed by atoms with Gasteiger partial charge in [0.25, 0.3) is 0 Å². The smallest absolute Gasteiger partial charge is 0.130 e. The molecule has 5 nitrogen and oxygen atoms in total. The average Bonchev–Trinajstić information content (AvgIpc) is 2.54. The Balaban J connectivity index is 1.77. The number of hydrogen-bond acceptors (Lipinski definition) is 5. The van der Waals surface area contributed by atoms with Crippen molar-refractivity contribution in [1.29, 1.82) is 0 Å². The quantitative estimate of drug-likeness (QED) is 0.934. The molecule has 1 fully saturated rings. The SMILES string of the molecule is Cc1nc(NCC2N(C)CCCC2(C)C)cc(-c2cccnc2)n1. The number of hydrogen-bond donors (Lipinski definition) is 1. The molecule has 2 aromatic rings. The maximum absolute atomic E-state index is 4.56. The number of piperidine rings is 1. The molecule has 1 aliphatic rings. The van der Waals surface area contributed by atoms with Crippen molar-refractivity contribution in [3.8, 4) is 11.3 Å². The number of pyridine rings is 1. The zero-order valence-electron chi connectivity index (χ0n) is 15.1. The number of likely N-dealkylation sites (tertiary alicyclic amines) is 1. The number of nitrogens with one attached hydrogen (secondary N) is 1. The number of aromatic nitrogens is 3. The Bertz CT molecular complexity index is 683. The van der Waals surface area contributed by atoms with E-state index in [1.165, 1.54) is 19.4 Å². The summed E-state index contributed by atoms with van der Waals surface area (Å²) in [6, 6.07) is 6.47. The Kier molecular flexibility index (Phi) is 4.81. The average molecular weight is 325 g/mol. The molecule has 2 aromatic heterocycles. The number of rotatable bonds is 4. The fourth-order valence-electron chi connectivity index (χ4n) is 3.66. The van der Waals surface area contributed by atoms with Crippen LogP contribution in [-0.2, 0) is 0 Å². The van der Waals surface area contributed by atoms with Gasteiger partial charge in [0, 0.05) is 36.6 Å². The lowest BCUT2D eigenvalue weighted by atomic mass is 9.76. The van der Waals surface area contributed by atoms with Crippen LogP contribution < -0.4 is 5.32 Å².